The number of H-pyrrole nitrogens is 1. The standard InChI is InChI=1S/C28H28FN7O2/c1-31-25(37)19-7-11-22-17(13-19)3-4-18-14-20(26(38)32-2)8-12-23(18)28(22,27-33-35-36-34-27)15-24(30)16-5-9-21(29)10-6-16/h5-14,24H,3-4,15,30H2,1-2H3,(H,31,37)(H,32,38)(H,33,34,35,36)/t24-/m1/s1. The number of rotatable bonds is 6. The third kappa shape index (κ3) is 4.32. The normalized spacial score (nSPS) is 14.5. The third-order valence-corrected chi connectivity index (χ3v) is 7.32. The number of carbonyl (C=O) groups is 2. The first-order chi connectivity index (χ1) is 18.4. The van der Waals surface area contributed by atoms with E-state index >= 15 is 0 Å². The lowest BCUT2D eigenvalue weighted by molar-refractivity contribution is 0.0955. The summed E-state index contributed by atoms with van der Waals surface area (Å²) in [6.07, 6.45) is 1.57. The molecule has 38 heavy (non-hydrogen) atoms. The minimum absolute atomic E-state index is 0.190. The molecular formula is C28H28FN7O2. The Bertz CT molecular complexity index is 1420. The summed E-state index contributed by atoms with van der Waals surface area (Å²) in [7, 11) is 3.19. The second-order valence-corrected chi connectivity index (χ2v) is 9.41. The van der Waals surface area contributed by atoms with Gasteiger partial charge in [0.1, 0.15) is 5.82 Å². The lowest BCUT2D eigenvalue weighted by Crippen LogP contribution is -2.36. The van der Waals surface area contributed by atoms with Crippen LogP contribution in [0.25, 0.3) is 0 Å². The summed E-state index contributed by atoms with van der Waals surface area (Å²) in [6, 6.07) is 16.8. The summed E-state index contributed by atoms with van der Waals surface area (Å²) in [4.78, 5) is 25.0. The zero-order valence-corrected chi connectivity index (χ0v) is 21.1. The zero-order valence-electron chi connectivity index (χ0n) is 21.1. The van der Waals surface area contributed by atoms with Crippen LogP contribution in [0.5, 0.6) is 0 Å². The number of hydrogen-bond acceptors (Lipinski definition) is 6. The summed E-state index contributed by atoms with van der Waals surface area (Å²) in [5.74, 6) is -0.309. The number of nitrogens with one attached hydrogen (secondary N) is 3. The van der Waals surface area contributed by atoms with Gasteiger partial charge in [0.15, 0.2) is 5.82 Å². The van der Waals surface area contributed by atoms with Crippen LogP contribution in [0.4, 0.5) is 4.39 Å². The molecule has 0 radical (unpaired) electrons. The van der Waals surface area contributed by atoms with Gasteiger partial charge in [0, 0.05) is 31.3 Å². The summed E-state index contributed by atoms with van der Waals surface area (Å²) < 4.78 is 13.7. The number of tetrazole rings is 1. The van der Waals surface area contributed by atoms with Gasteiger partial charge in [-0.3, -0.25) is 9.59 Å². The first-order valence-electron chi connectivity index (χ1n) is 12.3. The molecule has 1 atom stereocenters. The smallest absolute Gasteiger partial charge is 0.251 e. The van der Waals surface area contributed by atoms with Crippen molar-refractivity contribution in [2.75, 3.05) is 14.1 Å². The van der Waals surface area contributed by atoms with Gasteiger partial charge in [-0.25, -0.2) is 4.39 Å². The molecule has 1 aliphatic carbocycles. The Labute approximate surface area is 219 Å². The van der Waals surface area contributed by atoms with E-state index in [-0.39, 0.29) is 17.6 Å². The van der Waals surface area contributed by atoms with Crippen molar-refractivity contribution >= 4 is 11.8 Å². The Kier molecular flexibility index (Phi) is 6.73. The minimum Gasteiger partial charge on any atom is -0.355 e. The zero-order chi connectivity index (χ0) is 26.9. The van der Waals surface area contributed by atoms with E-state index in [1.807, 2.05) is 24.3 Å². The number of fused-ring (bicyclic) bond motifs is 2. The average Bonchev–Trinajstić information content (AvgIpc) is 3.45. The van der Waals surface area contributed by atoms with E-state index in [1.54, 1.807) is 38.4 Å². The summed E-state index contributed by atoms with van der Waals surface area (Å²) in [5.41, 5.74) is 11.3. The molecule has 10 heteroatoms. The second kappa shape index (κ2) is 10.1. The molecule has 5 N–H and O–H groups in total. The highest BCUT2D eigenvalue weighted by atomic mass is 19.1. The van der Waals surface area contributed by atoms with Crippen LogP contribution in [0.3, 0.4) is 0 Å². The van der Waals surface area contributed by atoms with Gasteiger partial charge in [-0.15, -0.1) is 10.2 Å². The number of benzene rings is 3. The van der Waals surface area contributed by atoms with Crippen LogP contribution in [0.15, 0.2) is 60.7 Å². The molecule has 1 aromatic heterocycles. The highest BCUT2D eigenvalue weighted by Crippen LogP contribution is 2.48. The summed E-state index contributed by atoms with van der Waals surface area (Å²) >= 11 is 0. The summed E-state index contributed by atoms with van der Waals surface area (Å²) in [6.45, 7) is 0. The van der Waals surface area contributed by atoms with E-state index in [2.05, 4.69) is 31.3 Å². The van der Waals surface area contributed by atoms with Gasteiger partial charge in [0.05, 0.1) is 5.41 Å². The van der Waals surface area contributed by atoms with Crippen molar-refractivity contribution in [3.05, 3.63) is 111 Å². The van der Waals surface area contributed by atoms with Crippen LogP contribution in [-0.4, -0.2) is 46.5 Å². The van der Waals surface area contributed by atoms with Crippen LogP contribution in [0.2, 0.25) is 0 Å². The second-order valence-electron chi connectivity index (χ2n) is 9.41. The number of carbonyl (C=O) groups excluding carboxylic acids is 2. The number of nitrogens with zero attached hydrogens (tertiary/aromatic N) is 3. The molecule has 194 valence electrons. The number of amides is 2. The Balaban J connectivity index is 1.77. The van der Waals surface area contributed by atoms with Crippen LogP contribution in [-0.2, 0) is 18.3 Å². The van der Waals surface area contributed by atoms with Crippen molar-refractivity contribution in [1.29, 1.82) is 0 Å². The van der Waals surface area contributed by atoms with Crippen molar-refractivity contribution in [3.8, 4) is 0 Å². The molecule has 3 aromatic carbocycles. The maximum Gasteiger partial charge on any atom is 0.251 e. The molecule has 0 saturated heterocycles. The number of halogens is 1. The van der Waals surface area contributed by atoms with Crippen molar-refractivity contribution < 1.29 is 14.0 Å². The maximum absolute atomic E-state index is 13.7. The number of aryl methyl sites for hydroxylation is 2. The molecule has 4 aromatic rings. The molecule has 1 aliphatic rings. The summed E-state index contributed by atoms with van der Waals surface area (Å²) in [5, 5.41) is 20.7. The number of nitrogens with two attached hydrogens (primary N) is 1. The SMILES string of the molecule is CNC(=O)c1ccc2c(c1)CCc1cc(C(=O)NC)ccc1C2(C[C@@H](N)c1ccc(F)cc1)c1nn[nH]n1. The van der Waals surface area contributed by atoms with Gasteiger partial charge in [0.25, 0.3) is 11.8 Å². The quantitative estimate of drug-likeness (QED) is 0.313. The average molecular weight is 514 g/mol. The van der Waals surface area contributed by atoms with Gasteiger partial charge in [-0.1, -0.05) is 29.5 Å². The van der Waals surface area contributed by atoms with Gasteiger partial charge in [0.2, 0.25) is 0 Å². The topological polar surface area (TPSA) is 139 Å². The van der Waals surface area contributed by atoms with Crippen LogP contribution in [0.1, 0.15) is 66.8 Å². The fourth-order valence-corrected chi connectivity index (χ4v) is 5.47. The van der Waals surface area contributed by atoms with E-state index in [0.717, 1.165) is 27.8 Å². The molecule has 0 aliphatic heterocycles. The van der Waals surface area contributed by atoms with E-state index in [4.69, 9.17) is 5.73 Å². The molecule has 9 nitrogen and oxygen atoms in total. The largest absolute Gasteiger partial charge is 0.355 e. The maximum atomic E-state index is 13.7. The van der Waals surface area contributed by atoms with Crippen molar-refractivity contribution in [2.24, 2.45) is 5.73 Å². The van der Waals surface area contributed by atoms with E-state index in [9.17, 15) is 14.0 Å². The van der Waals surface area contributed by atoms with Crippen LogP contribution < -0.4 is 16.4 Å². The van der Waals surface area contributed by atoms with Gasteiger partial charge in [-0.2, -0.15) is 5.21 Å². The molecule has 5 rings (SSSR count). The Morgan fingerprint density at radius 3 is 1.97 bits per heavy atom. The van der Waals surface area contributed by atoms with Crippen LogP contribution >= 0.6 is 0 Å². The first-order valence-corrected chi connectivity index (χ1v) is 12.3. The van der Waals surface area contributed by atoms with Crippen LogP contribution in [0, 0.1) is 5.82 Å². The third-order valence-electron chi connectivity index (χ3n) is 7.32. The molecule has 0 unspecified atom stereocenters. The molecule has 0 bridgehead atoms. The molecule has 1 heterocycles. The highest BCUT2D eigenvalue weighted by molar-refractivity contribution is 5.95. The first kappa shape index (κ1) is 25.2. The Morgan fingerprint density at radius 1 is 0.947 bits per heavy atom. The van der Waals surface area contributed by atoms with Crippen molar-refractivity contribution in [1.82, 2.24) is 31.3 Å². The minimum atomic E-state index is -0.968. The number of aromatic nitrogens is 4. The molecule has 0 saturated carbocycles. The monoisotopic (exact) mass is 513 g/mol. The fraction of sp³-hybridized carbons (Fsp3) is 0.250. The van der Waals surface area contributed by atoms with Crippen molar-refractivity contribution in [2.45, 2.75) is 30.7 Å². The number of aromatic amines is 1. The molecule has 0 fully saturated rings. The number of hydrogen-bond donors (Lipinski definition) is 4. The lowest BCUT2D eigenvalue weighted by Gasteiger charge is -2.36. The molecule has 2 amide bonds. The van der Waals surface area contributed by atoms with Gasteiger partial charge in [-0.05, 0) is 83.5 Å². The molecular weight excluding hydrogens is 485 g/mol. The lowest BCUT2D eigenvalue weighted by atomic mass is 9.67. The predicted molar refractivity (Wildman–Crippen MR) is 139 cm³/mol. The Morgan fingerprint density at radius 2 is 1.50 bits per heavy atom. The van der Waals surface area contributed by atoms with E-state index in [0.29, 0.717) is 36.2 Å². The fourth-order valence-electron chi connectivity index (χ4n) is 5.47. The molecule has 0 spiro atoms. The van der Waals surface area contributed by atoms with E-state index < -0.39 is 11.5 Å². The Hall–Kier alpha value is -4.44. The van der Waals surface area contributed by atoms with Gasteiger partial charge >= 0.3 is 0 Å². The van der Waals surface area contributed by atoms with Crippen molar-refractivity contribution in [3.63, 3.8) is 0 Å². The van der Waals surface area contributed by atoms with Gasteiger partial charge < -0.3 is 16.4 Å². The predicted octanol–water partition coefficient (Wildman–Crippen LogP) is 2.58. The van der Waals surface area contributed by atoms with E-state index in [1.165, 1.54) is 12.1 Å². The highest BCUT2D eigenvalue weighted by Gasteiger charge is 2.46.